The Balaban J connectivity index is 0.000000259. The molecule has 2 aromatic rings. The van der Waals surface area contributed by atoms with Gasteiger partial charge in [0.1, 0.15) is 5.41 Å². The molecule has 0 spiro atoms. The minimum absolute atomic E-state index is 0.00790. The van der Waals surface area contributed by atoms with Gasteiger partial charge >= 0.3 is 0 Å². The third-order valence-electron chi connectivity index (χ3n) is 8.40. The summed E-state index contributed by atoms with van der Waals surface area (Å²) in [5.41, 5.74) is 7.26. The van der Waals surface area contributed by atoms with Crippen LogP contribution in [0.25, 0.3) is 0 Å². The molecule has 0 unspecified atom stereocenters. The van der Waals surface area contributed by atoms with Crippen LogP contribution in [0.3, 0.4) is 0 Å². The van der Waals surface area contributed by atoms with Crippen LogP contribution in [-0.2, 0) is 24.2 Å². The van der Waals surface area contributed by atoms with Crippen LogP contribution in [0.4, 0.5) is 11.4 Å². The molecule has 3 aliphatic heterocycles. The lowest BCUT2D eigenvalue weighted by Crippen LogP contribution is -2.62. The molecule has 2 aromatic carbocycles. The van der Waals surface area contributed by atoms with Crippen molar-refractivity contribution in [1.82, 2.24) is 15.5 Å². The number of thiocarbonyl (C=S) groups is 1. The summed E-state index contributed by atoms with van der Waals surface area (Å²) in [6, 6.07) is 13.6. The van der Waals surface area contributed by atoms with Crippen molar-refractivity contribution in [2.75, 3.05) is 37.3 Å². The molecule has 242 valence electrons. The lowest BCUT2D eigenvalue weighted by Gasteiger charge is -2.35. The number of amides is 3. The Labute approximate surface area is 275 Å². The summed E-state index contributed by atoms with van der Waals surface area (Å²) < 4.78 is 24.2. The molecule has 3 amide bonds. The summed E-state index contributed by atoms with van der Waals surface area (Å²) in [5, 5.41) is 5.03. The van der Waals surface area contributed by atoms with E-state index in [0.29, 0.717) is 17.7 Å². The number of fused-ring (bicyclic) bond motifs is 2. The van der Waals surface area contributed by atoms with E-state index in [4.69, 9.17) is 18.0 Å². The smallest absolute Gasteiger partial charge is 0.242 e. The van der Waals surface area contributed by atoms with E-state index in [0.717, 1.165) is 67.3 Å². The van der Waals surface area contributed by atoms with Gasteiger partial charge in [0.25, 0.3) is 0 Å². The highest BCUT2D eigenvalue weighted by Gasteiger charge is 2.47. The van der Waals surface area contributed by atoms with Crippen molar-refractivity contribution in [3.63, 3.8) is 0 Å². The van der Waals surface area contributed by atoms with Crippen LogP contribution in [0.15, 0.2) is 69.3 Å². The van der Waals surface area contributed by atoms with E-state index in [1.807, 2.05) is 18.2 Å². The Morgan fingerprint density at radius 3 is 2.27 bits per heavy atom. The number of benzene rings is 2. The van der Waals surface area contributed by atoms with Gasteiger partial charge < -0.3 is 26.2 Å². The van der Waals surface area contributed by atoms with Gasteiger partial charge in [-0.05, 0) is 101 Å². The number of sulfone groups is 1. The van der Waals surface area contributed by atoms with Crippen LogP contribution in [-0.4, -0.2) is 68.6 Å². The lowest BCUT2D eigenvalue weighted by atomic mass is 9.77. The number of carbonyl (C=O) groups excluding carboxylic acids is 3. The topological polar surface area (TPSA) is 142 Å². The molecule has 45 heavy (non-hydrogen) atoms. The van der Waals surface area contributed by atoms with Crippen molar-refractivity contribution in [1.29, 1.82) is 0 Å². The predicted molar refractivity (Wildman–Crippen MR) is 181 cm³/mol. The number of hydrogen-bond donors (Lipinski definition) is 3. The summed E-state index contributed by atoms with van der Waals surface area (Å²) in [7, 11) is -3.27. The van der Waals surface area contributed by atoms with Gasteiger partial charge in [0.05, 0.1) is 16.3 Å². The van der Waals surface area contributed by atoms with Gasteiger partial charge in [-0.1, -0.05) is 36.4 Å². The molecule has 3 aliphatic rings. The molecule has 2 fully saturated rings. The van der Waals surface area contributed by atoms with Crippen molar-refractivity contribution in [3.8, 4) is 0 Å². The van der Waals surface area contributed by atoms with Crippen molar-refractivity contribution in [2.24, 2.45) is 17.1 Å². The number of likely N-dealkylation sites (tertiary alicyclic amines) is 1. The Kier molecular flexibility index (Phi) is 11.1. The normalized spacial score (nSPS) is 18.1. The third-order valence-corrected chi connectivity index (χ3v) is 10.8. The van der Waals surface area contributed by atoms with Gasteiger partial charge in [-0.25, -0.2) is 8.42 Å². The molecule has 5 rings (SSSR count). The second-order valence-corrected chi connectivity index (χ2v) is 15.3. The maximum absolute atomic E-state index is 12.1. The monoisotopic (exact) mass is 671 g/mol. The fourth-order valence-electron chi connectivity index (χ4n) is 5.88. The van der Waals surface area contributed by atoms with E-state index in [9.17, 15) is 22.8 Å². The van der Waals surface area contributed by atoms with E-state index in [1.165, 1.54) is 11.2 Å². The van der Waals surface area contributed by atoms with Gasteiger partial charge in [-0.15, -0.1) is 6.58 Å². The number of allylic oxidation sites excluding steroid dienone is 1. The van der Waals surface area contributed by atoms with E-state index in [-0.39, 0.29) is 28.8 Å². The molecular formula is C32H41N5O5S3. The Hall–Kier alpha value is -3.26. The first-order chi connectivity index (χ1) is 21.2. The van der Waals surface area contributed by atoms with Crippen molar-refractivity contribution < 1.29 is 22.8 Å². The standard InChI is InChI=1S/C22H27N3O3S2.C10H14N2O2S/c1-30(27,28)17-7-8-21-19(15-17)25(18-5-2-3-6-20(18)29-21)12-4-11-24-13-9-16(10-14-24)22(23)26;1-4-10(5-6(2)3)7(13)11-9(15)12-8(10)14/h2-3,5-8,15-16H,4,9-14H2,1H3,(H2,23,26);2,4-5H2,1,3H3,(H2,11,12,13,14,15). The molecule has 0 atom stereocenters. The number of nitrogens with one attached hydrogen (secondary N) is 2. The Bertz CT molecular complexity index is 1580. The molecule has 0 bridgehead atoms. The maximum Gasteiger partial charge on any atom is 0.242 e. The van der Waals surface area contributed by atoms with Crippen LogP contribution in [0.1, 0.15) is 46.0 Å². The van der Waals surface area contributed by atoms with E-state index in [1.54, 1.807) is 37.7 Å². The van der Waals surface area contributed by atoms with E-state index in [2.05, 4.69) is 39.1 Å². The molecular weight excluding hydrogens is 631 g/mol. The molecule has 10 nitrogen and oxygen atoms in total. The summed E-state index contributed by atoms with van der Waals surface area (Å²) in [6.07, 6.45) is 4.64. The summed E-state index contributed by atoms with van der Waals surface area (Å²) in [4.78, 5) is 42.2. The fraction of sp³-hybridized carbons (Fsp3) is 0.438. The summed E-state index contributed by atoms with van der Waals surface area (Å²) in [5.74, 6) is -0.840. The van der Waals surface area contributed by atoms with Gasteiger partial charge in [0, 0.05) is 28.5 Å². The third kappa shape index (κ3) is 8.13. The quantitative estimate of drug-likeness (QED) is 0.204. The second-order valence-electron chi connectivity index (χ2n) is 11.8. The summed E-state index contributed by atoms with van der Waals surface area (Å²) >= 11 is 6.42. The van der Waals surface area contributed by atoms with E-state index < -0.39 is 15.3 Å². The average Bonchev–Trinajstić information content (AvgIpc) is 2.98. The number of rotatable bonds is 9. The SMILES string of the molecule is C=C(C)CC1(CC)C(=O)NC(=S)NC1=O.CS(=O)(=O)c1ccc2c(c1)N(CCCN1CCC(C(N)=O)CC1)c1ccccc1S2. The zero-order valence-corrected chi connectivity index (χ0v) is 28.4. The molecule has 13 heteroatoms. The van der Waals surface area contributed by atoms with Crippen LogP contribution in [0.5, 0.6) is 0 Å². The molecule has 0 saturated carbocycles. The number of hydrogen-bond acceptors (Lipinski definition) is 9. The first-order valence-electron chi connectivity index (χ1n) is 15.0. The minimum Gasteiger partial charge on any atom is -0.369 e. The number of para-hydroxylation sites is 1. The Morgan fingerprint density at radius 2 is 1.69 bits per heavy atom. The lowest BCUT2D eigenvalue weighted by molar-refractivity contribution is -0.143. The zero-order chi connectivity index (χ0) is 32.9. The highest BCUT2D eigenvalue weighted by molar-refractivity contribution is 7.99. The van der Waals surface area contributed by atoms with Crippen LogP contribution in [0, 0.1) is 11.3 Å². The molecule has 0 aromatic heterocycles. The van der Waals surface area contributed by atoms with Crippen LogP contribution >= 0.6 is 24.0 Å². The number of carbonyl (C=O) groups is 3. The largest absolute Gasteiger partial charge is 0.369 e. The van der Waals surface area contributed by atoms with Gasteiger partial charge in [-0.3, -0.25) is 14.4 Å². The van der Waals surface area contributed by atoms with Crippen LogP contribution < -0.4 is 21.3 Å². The second kappa shape index (κ2) is 14.4. The molecule has 0 aliphatic carbocycles. The zero-order valence-electron chi connectivity index (χ0n) is 25.9. The number of anilines is 2. The van der Waals surface area contributed by atoms with Crippen molar-refractivity contribution >= 4 is 68.0 Å². The highest BCUT2D eigenvalue weighted by atomic mass is 32.2. The first kappa shape index (κ1) is 34.6. The number of nitrogens with two attached hydrogens (primary N) is 1. The fourth-order valence-corrected chi connectivity index (χ4v) is 7.78. The van der Waals surface area contributed by atoms with Gasteiger partial charge in [0.15, 0.2) is 14.9 Å². The predicted octanol–water partition coefficient (Wildman–Crippen LogP) is 4.16. The van der Waals surface area contributed by atoms with E-state index >= 15 is 0 Å². The van der Waals surface area contributed by atoms with Crippen molar-refractivity contribution in [3.05, 3.63) is 54.6 Å². The maximum atomic E-state index is 12.1. The number of primary amides is 1. The van der Waals surface area contributed by atoms with Gasteiger partial charge in [-0.2, -0.15) is 0 Å². The first-order valence-corrected chi connectivity index (χ1v) is 18.1. The minimum atomic E-state index is -3.27. The molecule has 0 radical (unpaired) electrons. The number of piperidine rings is 1. The highest BCUT2D eigenvalue weighted by Crippen LogP contribution is 2.48. The number of nitrogens with zero attached hydrogens (tertiary/aromatic N) is 2. The molecule has 4 N–H and O–H groups in total. The Morgan fingerprint density at radius 1 is 1.07 bits per heavy atom. The average molecular weight is 672 g/mol. The molecule has 2 saturated heterocycles. The van der Waals surface area contributed by atoms with Gasteiger partial charge in [0.2, 0.25) is 17.7 Å². The van der Waals surface area contributed by atoms with Crippen LogP contribution in [0.2, 0.25) is 0 Å². The summed E-state index contributed by atoms with van der Waals surface area (Å²) in [6.45, 7) is 10.9. The van der Waals surface area contributed by atoms with Crippen molar-refractivity contribution in [2.45, 2.75) is 60.6 Å². The molecule has 3 heterocycles.